The van der Waals surface area contributed by atoms with Crippen molar-refractivity contribution in [2.45, 2.75) is 32.1 Å². The molecule has 1 rings (SSSR count). The van der Waals surface area contributed by atoms with Crippen LogP contribution in [-0.2, 0) is 14.8 Å². The van der Waals surface area contributed by atoms with Gasteiger partial charge in [-0.2, -0.15) is 0 Å². The number of sulfonamides is 1. The molecule has 2 atom stereocenters. The van der Waals surface area contributed by atoms with E-state index in [2.05, 4.69) is 9.71 Å². The zero-order chi connectivity index (χ0) is 14.6. The Morgan fingerprint density at radius 3 is 2.21 bits per heavy atom. The second kappa shape index (κ2) is 6.12. The second-order valence-electron chi connectivity index (χ2n) is 4.65. The zero-order valence-corrected chi connectivity index (χ0v) is 11.9. The highest BCUT2D eigenvalue weighted by molar-refractivity contribution is 7.89. The number of aliphatic carboxylic acids is 1. The summed E-state index contributed by atoms with van der Waals surface area (Å²) in [5.74, 6) is -1.52. The van der Waals surface area contributed by atoms with E-state index in [1.165, 1.54) is 19.3 Å². The number of hydrogen-bond acceptors (Lipinski definition) is 4. The molecule has 7 heteroatoms. The first-order valence-electron chi connectivity index (χ1n) is 5.89. The van der Waals surface area contributed by atoms with Crippen LogP contribution in [-0.4, -0.2) is 30.5 Å². The Bertz CT molecular complexity index is 528. The van der Waals surface area contributed by atoms with Gasteiger partial charge in [-0.25, -0.2) is 13.1 Å². The average molecular weight is 286 g/mol. The van der Waals surface area contributed by atoms with Crippen LogP contribution < -0.4 is 4.72 Å². The normalized spacial score (nSPS) is 15.2. The quantitative estimate of drug-likeness (QED) is 0.818. The van der Waals surface area contributed by atoms with Gasteiger partial charge in [-0.05, 0) is 30.5 Å². The van der Waals surface area contributed by atoms with Crippen LogP contribution in [0, 0.1) is 5.92 Å². The maximum absolute atomic E-state index is 12.2. The molecule has 1 aromatic rings. The molecule has 0 aliphatic rings. The van der Waals surface area contributed by atoms with E-state index in [1.54, 1.807) is 26.0 Å². The number of pyridine rings is 1. The van der Waals surface area contributed by atoms with Crippen molar-refractivity contribution in [1.82, 2.24) is 9.71 Å². The molecular formula is C12H18N2O4S. The van der Waals surface area contributed by atoms with Gasteiger partial charge < -0.3 is 5.11 Å². The second-order valence-corrected chi connectivity index (χ2v) is 6.68. The predicted octanol–water partition coefficient (Wildman–Crippen LogP) is 1.17. The molecular weight excluding hydrogens is 268 g/mol. The van der Waals surface area contributed by atoms with Crippen molar-refractivity contribution in [1.29, 1.82) is 0 Å². The van der Waals surface area contributed by atoms with Crippen molar-refractivity contribution < 1.29 is 18.3 Å². The fraction of sp³-hybridized carbons (Fsp3) is 0.500. The maximum atomic E-state index is 12.2. The molecule has 106 valence electrons. The number of carboxylic acids is 1. The van der Waals surface area contributed by atoms with Crippen molar-refractivity contribution in [3.05, 3.63) is 30.1 Å². The minimum atomic E-state index is -3.76. The summed E-state index contributed by atoms with van der Waals surface area (Å²) in [5, 5.41) is 8.19. The minimum absolute atomic E-state index is 0.336. The van der Waals surface area contributed by atoms with Crippen molar-refractivity contribution in [2.75, 3.05) is 0 Å². The molecule has 6 nitrogen and oxygen atoms in total. The summed E-state index contributed by atoms with van der Waals surface area (Å²) in [7, 11) is -3.76. The summed E-state index contributed by atoms with van der Waals surface area (Å²) >= 11 is 0. The molecule has 0 bridgehead atoms. The Labute approximate surface area is 112 Å². The number of nitrogens with one attached hydrogen (secondary N) is 1. The van der Waals surface area contributed by atoms with Crippen molar-refractivity contribution >= 4 is 16.0 Å². The van der Waals surface area contributed by atoms with Gasteiger partial charge in [0.1, 0.15) is 6.04 Å². The Morgan fingerprint density at radius 2 is 1.79 bits per heavy atom. The summed E-state index contributed by atoms with van der Waals surface area (Å²) in [6.45, 7) is 4.81. The molecule has 0 aromatic carbocycles. The van der Waals surface area contributed by atoms with Gasteiger partial charge in [0.15, 0.2) is 0 Å². The monoisotopic (exact) mass is 286 g/mol. The Hall–Kier alpha value is -1.47. The van der Waals surface area contributed by atoms with E-state index in [4.69, 9.17) is 5.11 Å². The first-order chi connectivity index (χ1) is 8.75. The first kappa shape index (κ1) is 15.6. The molecule has 0 radical (unpaired) electrons. The molecule has 0 saturated carbocycles. The van der Waals surface area contributed by atoms with Crippen LogP contribution >= 0.6 is 0 Å². The lowest BCUT2D eigenvalue weighted by atomic mass is 10.1. The highest BCUT2D eigenvalue weighted by atomic mass is 32.2. The van der Waals surface area contributed by atoms with E-state index in [0.29, 0.717) is 5.56 Å². The van der Waals surface area contributed by atoms with Gasteiger partial charge in [0.2, 0.25) is 10.0 Å². The number of nitrogens with zero attached hydrogens (tertiary/aromatic N) is 1. The zero-order valence-electron chi connectivity index (χ0n) is 11.1. The Morgan fingerprint density at radius 1 is 1.26 bits per heavy atom. The van der Waals surface area contributed by atoms with Crippen LogP contribution in [0.3, 0.4) is 0 Å². The molecule has 1 aromatic heterocycles. The SMILES string of the molecule is CC(C)C(NS(=O)(=O)C(C)c1ccncc1)C(=O)O. The van der Waals surface area contributed by atoms with Gasteiger partial charge in [0.25, 0.3) is 0 Å². The fourth-order valence-electron chi connectivity index (χ4n) is 1.56. The maximum Gasteiger partial charge on any atom is 0.321 e. The Balaban J connectivity index is 2.95. The number of hydrogen-bond donors (Lipinski definition) is 2. The lowest BCUT2D eigenvalue weighted by molar-refractivity contribution is -0.140. The van der Waals surface area contributed by atoms with E-state index in [0.717, 1.165) is 0 Å². The third kappa shape index (κ3) is 4.00. The highest BCUT2D eigenvalue weighted by Gasteiger charge is 2.31. The lowest BCUT2D eigenvalue weighted by Crippen LogP contribution is -2.45. The molecule has 0 aliphatic carbocycles. The largest absolute Gasteiger partial charge is 0.480 e. The van der Waals surface area contributed by atoms with Crippen molar-refractivity contribution in [2.24, 2.45) is 5.92 Å². The Kier molecular flexibility index (Phi) is 5.02. The van der Waals surface area contributed by atoms with Gasteiger partial charge >= 0.3 is 5.97 Å². The number of rotatable bonds is 6. The van der Waals surface area contributed by atoms with Gasteiger partial charge in [-0.1, -0.05) is 13.8 Å². The number of carbonyl (C=O) groups is 1. The van der Waals surface area contributed by atoms with Gasteiger partial charge in [0, 0.05) is 12.4 Å². The van der Waals surface area contributed by atoms with Gasteiger partial charge in [-0.15, -0.1) is 0 Å². The van der Waals surface area contributed by atoms with E-state index in [1.807, 2.05) is 0 Å². The molecule has 0 amide bonds. The molecule has 0 aliphatic heterocycles. The predicted molar refractivity (Wildman–Crippen MR) is 71.0 cm³/mol. The molecule has 19 heavy (non-hydrogen) atoms. The van der Waals surface area contributed by atoms with Gasteiger partial charge in [-0.3, -0.25) is 9.78 Å². The smallest absolute Gasteiger partial charge is 0.321 e. The van der Waals surface area contributed by atoms with Crippen LogP contribution in [0.2, 0.25) is 0 Å². The lowest BCUT2D eigenvalue weighted by Gasteiger charge is -2.21. The van der Waals surface area contributed by atoms with Crippen LogP contribution in [0.4, 0.5) is 0 Å². The first-order valence-corrected chi connectivity index (χ1v) is 7.44. The van der Waals surface area contributed by atoms with Gasteiger partial charge in [0.05, 0.1) is 5.25 Å². The van der Waals surface area contributed by atoms with Crippen LogP contribution in [0.1, 0.15) is 31.6 Å². The average Bonchev–Trinajstić information content (AvgIpc) is 2.35. The van der Waals surface area contributed by atoms with E-state index in [-0.39, 0.29) is 5.92 Å². The van der Waals surface area contributed by atoms with E-state index < -0.39 is 27.3 Å². The van der Waals surface area contributed by atoms with E-state index >= 15 is 0 Å². The standard InChI is InChI=1S/C12H18N2O4S/c1-8(2)11(12(15)16)14-19(17,18)9(3)10-4-6-13-7-5-10/h4-9,11,14H,1-3H3,(H,15,16). The van der Waals surface area contributed by atoms with Crippen LogP contribution in [0.5, 0.6) is 0 Å². The summed E-state index contributed by atoms with van der Waals surface area (Å²) in [4.78, 5) is 14.9. The van der Waals surface area contributed by atoms with Crippen LogP contribution in [0.25, 0.3) is 0 Å². The fourth-order valence-corrected chi connectivity index (χ4v) is 3.01. The van der Waals surface area contributed by atoms with Crippen molar-refractivity contribution in [3.63, 3.8) is 0 Å². The minimum Gasteiger partial charge on any atom is -0.480 e. The number of carboxylic acid groups (broad SMARTS) is 1. The third-order valence-corrected chi connectivity index (χ3v) is 4.65. The topological polar surface area (TPSA) is 96.4 Å². The summed E-state index contributed by atoms with van der Waals surface area (Å²) < 4.78 is 26.6. The molecule has 0 spiro atoms. The summed E-state index contributed by atoms with van der Waals surface area (Å²) in [5.41, 5.74) is 0.565. The van der Waals surface area contributed by atoms with E-state index in [9.17, 15) is 13.2 Å². The molecule has 0 fully saturated rings. The van der Waals surface area contributed by atoms with Crippen molar-refractivity contribution in [3.8, 4) is 0 Å². The molecule has 2 N–H and O–H groups in total. The summed E-state index contributed by atoms with van der Waals surface area (Å²) in [6, 6.07) is 2.05. The highest BCUT2D eigenvalue weighted by Crippen LogP contribution is 2.21. The number of aromatic nitrogens is 1. The molecule has 2 unspecified atom stereocenters. The summed E-state index contributed by atoms with van der Waals surface area (Å²) in [6.07, 6.45) is 3.00. The van der Waals surface area contributed by atoms with Crippen LogP contribution in [0.15, 0.2) is 24.5 Å². The third-order valence-electron chi connectivity index (χ3n) is 2.86. The molecule has 0 saturated heterocycles. The molecule has 1 heterocycles.